The number of nitrogens with zero attached hydrogens (tertiary/aromatic N) is 5. The Hall–Kier alpha value is -5.39. The van der Waals surface area contributed by atoms with Crippen LogP contribution in [-0.2, 0) is 41.8 Å². The van der Waals surface area contributed by atoms with E-state index in [1.807, 2.05) is 60.7 Å². The summed E-state index contributed by atoms with van der Waals surface area (Å²) in [5.74, 6) is -1.21. The van der Waals surface area contributed by atoms with Crippen LogP contribution in [0.5, 0.6) is 0 Å². The second kappa shape index (κ2) is 24.1. The van der Waals surface area contributed by atoms with Crippen LogP contribution >= 0.6 is 0 Å². The fraction of sp³-hybridized carbons (Fsp3) is 0.433. The molecule has 2 amide bonds. The fourth-order valence-corrected chi connectivity index (χ4v) is 3.54. The molecule has 45 heavy (non-hydrogen) atoms. The Morgan fingerprint density at radius 2 is 1.27 bits per heavy atom. The number of hydrogen-bond acceptors (Lipinski definition) is 9. The van der Waals surface area contributed by atoms with Gasteiger partial charge in [-0.1, -0.05) is 72.2 Å². The lowest BCUT2D eigenvalue weighted by atomic mass is 10.1. The number of carbonyl (C=O) groups excluding carboxylic acids is 4. The van der Waals surface area contributed by atoms with Gasteiger partial charge in [0.25, 0.3) is 0 Å². The molecule has 0 bridgehead atoms. The lowest BCUT2D eigenvalue weighted by molar-refractivity contribution is -0.142. The Balaban J connectivity index is 0.000000450. The molecule has 242 valence electrons. The van der Waals surface area contributed by atoms with Crippen LogP contribution < -0.4 is 10.6 Å². The van der Waals surface area contributed by atoms with Crippen LogP contribution in [0.25, 0.3) is 16.0 Å². The Bertz CT molecular complexity index is 1280. The maximum absolute atomic E-state index is 11.5. The third-order valence-electron chi connectivity index (χ3n) is 5.91. The summed E-state index contributed by atoms with van der Waals surface area (Å²) in [5.41, 5.74) is 18.8. The van der Waals surface area contributed by atoms with Gasteiger partial charge in [0.15, 0.2) is 0 Å². The molecule has 0 saturated carbocycles. The summed E-state index contributed by atoms with van der Waals surface area (Å²) in [6.07, 6.45) is 2.11. The predicted molar refractivity (Wildman–Crippen MR) is 163 cm³/mol. The third-order valence-corrected chi connectivity index (χ3v) is 5.91. The van der Waals surface area contributed by atoms with E-state index in [-0.39, 0.29) is 25.3 Å². The lowest BCUT2D eigenvalue weighted by Crippen LogP contribution is -2.25. The van der Waals surface area contributed by atoms with Crippen molar-refractivity contribution < 1.29 is 42.9 Å². The van der Waals surface area contributed by atoms with E-state index in [1.165, 1.54) is 14.2 Å². The molecule has 0 fully saturated rings. The average Bonchev–Trinajstić information content (AvgIpc) is 3.07. The average molecular weight is 626 g/mol. The number of hydrogen-bond donors (Lipinski definition) is 2. The molecular weight excluding hydrogens is 586 g/mol. The van der Waals surface area contributed by atoms with Crippen LogP contribution in [0.4, 0.5) is 9.59 Å². The van der Waals surface area contributed by atoms with E-state index in [0.717, 1.165) is 11.1 Å². The Morgan fingerprint density at radius 3 is 1.71 bits per heavy atom. The number of unbranched alkanes of at least 4 members (excludes halogenated alkanes) is 2. The van der Waals surface area contributed by atoms with Crippen molar-refractivity contribution in [3.05, 3.63) is 87.8 Å². The normalized spacial score (nSPS) is 10.3. The molecule has 0 aromatic heterocycles. The van der Waals surface area contributed by atoms with Gasteiger partial charge in [0.1, 0.15) is 19.3 Å². The van der Waals surface area contributed by atoms with E-state index in [1.54, 1.807) is 0 Å². The Labute approximate surface area is 261 Å². The molecule has 1 atom stereocenters. The number of carbonyl (C=O) groups is 4. The second-order valence-corrected chi connectivity index (χ2v) is 9.21. The molecule has 0 heterocycles. The van der Waals surface area contributed by atoms with E-state index < -0.39 is 30.2 Å². The van der Waals surface area contributed by atoms with Gasteiger partial charge in [0, 0.05) is 18.0 Å². The van der Waals surface area contributed by atoms with Gasteiger partial charge in [0.2, 0.25) is 0 Å². The topological polar surface area (TPSA) is 214 Å². The summed E-state index contributed by atoms with van der Waals surface area (Å²) >= 11 is 0. The first-order chi connectivity index (χ1) is 21.8. The molecule has 2 N–H and O–H groups in total. The summed E-state index contributed by atoms with van der Waals surface area (Å²) in [7, 11) is 2.46. The molecule has 0 unspecified atom stereocenters. The highest BCUT2D eigenvalue weighted by Gasteiger charge is 2.19. The van der Waals surface area contributed by atoms with Crippen molar-refractivity contribution in [2.45, 2.75) is 57.8 Å². The van der Waals surface area contributed by atoms with Gasteiger partial charge in [-0.25, -0.2) is 14.4 Å². The van der Waals surface area contributed by atoms with Gasteiger partial charge in [0.05, 0.1) is 20.6 Å². The highest BCUT2D eigenvalue weighted by Crippen LogP contribution is 2.07. The van der Waals surface area contributed by atoms with Gasteiger partial charge in [-0.05, 0) is 42.3 Å². The minimum absolute atomic E-state index is 0.0332. The van der Waals surface area contributed by atoms with Crippen molar-refractivity contribution in [3.8, 4) is 0 Å². The molecule has 15 nitrogen and oxygen atoms in total. The highest BCUT2D eigenvalue weighted by atomic mass is 16.6. The number of nitrogens with one attached hydrogen (secondary N) is 2. The van der Waals surface area contributed by atoms with Gasteiger partial charge in [-0.3, -0.25) is 4.79 Å². The Morgan fingerprint density at radius 1 is 0.756 bits per heavy atom. The molecule has 0 radical (unpaired) electrons. The molecule has 0 spiro atoms. The predicted octanol–water partition coefficient (Wildman–Crippen LogP) is 4.86. The summed E-state index contributed by atoms with van der Waals surface area (Å²) in [6, 6.07) is 17.9. The fourth-order valence-electron chi connectivity index (χ4n) is 3.54. The minimum Gasteiger partial charge on any atom is -0.469 e. The van der Waals surface area contributed by atoms with E-state index >= 15 is 0 Å². The molecule has 2 aromatic rings. The molecule has 2 aromatic carbocycles. The van der Waals surface area contributed by atoms with Gasteiger partial charge in [-0.15, -0.1) is 0 Å². The number of esters is 2. The van der Waals surface area contributed by atoms with Crippen LogP contribution in [0.3, 0.4) is 0 Å². The number of amides is 2. The first kappa shape index (κ1) is 37.6. The van der Waals surface area contributed by atoms with Crippen molar-refractivity contribution >= 4 is 29.8 Å². The Kier molecular flexibility index (Phi) is 20.2. The second-order valence-electron chi connectivity index (χ2n) is 9.21. The van der Waals surface area contributed by atoms with Crippen LogP contribution in [0.1, 0.15) is 49.7 Å². The first-order valence-corrected chi connectivity index (χ1v) is 14.1. The van der Waals surface area contributed by atoms with E-state index in [9.17, 15) is 19.2 Å². The van der Waals surface area contributed by atoms with Crippen molar-refractivity contribution in [1.82, 2.24) is 10.6 Å². The monoisotopic (exact) mass is 625 g/mol. The summed E-state index contributed by atoms with van der Waals surface area (Å²) in [5, 5.41) is 8.61. The molecule has 0 aliphatic rings. The van der Waals surface area contributed by atoms with Crippen LogP contribution in [0, 0.1) is 0 Å². The molecule has 15 heteroatoms. The van der Waals surface area contributed by atoms with Gasteiger partial charge in [-0.2, -0.15) is 4.79 Å². The zero-order valence-electron chi connectivity index (χ0n) is 25.4. The van der Waals surface area contributed by atoms with E-state index in [0.29, 0.717) is 45.2 Å². The van der Waals surface area contributed by atoms with Crippen molar-refractivity contribution in [2.24, 2.45) is 5.11 Å². The maximum atomic E-state index is 11.5. The molecule has 0 saturated heterocycles. The quantitative estimate of drug-likeness (QED) is 0.0469. The first-order valence-electron chi connectivity index (χ1n) is 14.1. The molecule has 0 aliphatic heterocycles. The van der Waals surface area contributed by atoms with Crippen molar-refractivity contribution in [1.29, 1.82) is 0 Å². The third kappa shape index (κ3) is 18.0. The number of ether oxygens (including phenoxy) is 4. The number of rotatable bonds is 17. The maximum Gasteiger partial charge on any atom is 0.416 e. The summed E-state index contributed by atoms with van der Waals surface area (Å²) in [6.45, 7) is 1.26. The number of benzene rings is 2. The van der Waals surface area contributed by atoms with Crippen molar-refractivity contribution in [2.75, 3.05) is 27.3 Å². The lowest BCUT2D eigenvalue weighted by Gasteiger charge is -2.09. The number of methoxy groups -OCH3 is 2. The summed E-state index contributed by atoms with van der Waals surface area (Å²) < 4.78 is 19.1. The molecular formula is C30H39N7O8. The molecule has 0 aliphatic carbocycles. The largest absolute Gasteiger partial charge is 0.469 e. The standard InChI is InChI=1S/C15H20N4O4.C15H19N3O4/c1-22-14(20)13(18-19-16)9-5-6-10-17-15(21)23-11-12-7-3-2-4-8-12;1-21-14(19)13(18-16)9-5-6-10-17-15(20)22-11-12-7-3-2-4-8-12/h2-4,7-8,13H,5-6,9-11H2,1H3,(H,17,21);2-4,7-8H,5-6,9-11H2,1H3,(H,17,20)/t13-;/m0./s1. The van der Waals surface area contributed by atoms with Crippen LogP contribution in [0.15, 0.2) is 65.8 Å². The number of alkyl carbamates (subject to hydrolysis) is 2. The van der Waals surface area contributed by atoms with Gasteiger partial charge >= 0.3 is 29.8 Å². The van der Waals surface area contributed by atoms with Crippen LogP contribution in [-0.4, -0.2) is 68.0 Å². The number of azide groups is 1. The summed E-state index contributed by atoms with van der Waals surface area (Å²) in [4.78, 5) is 50.9. The van der Waals surface area contributed by atoms with Crippen molar-refractivity contribution in [3.63, 3.8) is 0 Å². The van der Waals surface area contributed by atoms with Crippen LogP contribution in [0.2, 0.25) is 0 Å². The molecule has 2 rings (SSSR count). The highest BCUT2D eigenvalue weighted by molar-refractivity contribution is 6.33. The zero-order chi connectivity index (χ0) is 33.1. The van der Waals surface area contributed by atoms with E-state index in [2.05, 4.69) is 34.9 Å². The SMILES string of the molecule is COC(=O)C(CCCCNC(=O)OCc1ccccc1)=[N+]=[N-].COC(=O)[C@H](CCCCNC(=O)OCc1ccccc1)N=[N+]=[N-]. The smallest absolute Gasteiger partial charge is 0.416 e. The minimum atomic E-state index is -0.824. The van der Waals surface area contributed by atoms with E-state index in [4.69, 9.17) is 20.5 Å². The zero-order valence-corrected chi connectivity index (χ0v) is 25.4. The van der Waals surface area contributed by atoms with Gasteiger partial charge < -0.3 is 35.1 Å².